The first-order valence-electron chi connectivity index (χ1n) is 7.25. The van der Waals surface area contributed by atoms with Gasteiger partial charge in [0.15, 0.2) is 0 Å². The quantitative estimate of drug-likeness (QED) is 0.795. The fourth-order valence-corrected chi connectivity index (χ4v) is 1.98. The Labute approximate surface area is 119 Å². The van der Waals surface area contributed by atoms with Crippen molar-refractivity contribution in [2.24, 2.45) is 0 Å². The zero-order valence-electron chi connectivity index (χ0n) is 11.9. The van der Waals surface area contributed by atoms with Gasteiger partial charge in [0.1, 0.15) is 0 Å². The number of carbonyl (C=O) groups is 2. The van der Waals surface area contributed by atoms with Crippen LogP contribution in [0.3, 0.4) is 0 Å². The number of nitrogens with one attached hydrogen (secondary N) is 2. The summed E-state index contributed by atoms with van der Waals surface area (Å²) in [4.78, 5) is 23.0. The molecule has 1 aromatic rings. The lowest BCUT2D eigenvalue weighted by Crippen LogP contribution is -2.37. The standard InChI is InChI=1S/C16H22N2O2/c1-12-5-7-13(8-6-12)3-2-4-15(19)17-11-16(20)18-14-9-10-14/h5-8,14H,2-4,9-11H2,1H3,(H,17,19)(H,18,20). The van der Waals surface area contributed by atoms with E-state index in [0.717, 1.165) is 25.7 Å². The van der Waals surface area contributed by atoms with Crippen LogP contribution >= 0.6 is 0 Å². The first-order valence-corrected chi connectivity index (χ1v) is 7.25. The van der Waals surface area contributed by atoms with Crippen LogP contribution in [0, 0.1) is 6.92 Å². The molecule has 1 saturated carbocycles. The molecule has 0 spiro atoms. The summed E-state index contributed by atoms with van der Waals surface area (Å²) in [7, 11) is 0. The molecular weight excluding hydrogens is 252 g/mol. The van der Waals surface area contributed by atoms with Crippen molar-refractivity contribution in [3.05, 3.63) is 35.4 Å². The molecule has 0 bridgehead atoms. The molecule has 4 nitrogen and oxygen atoms in total. The number of aryl methyl sites for hydroxylation is 2. The minimum atomic E-state index is -0.0839. The monoisotopic (exact) mass is 274 g/mol. The second kappa shape index (κ2) is 7.08. The van der Waals surface area contributed by atoms with Crippen LogP contribution in [0.15, 0.2) is 24.3 Å². The van der Waals surface area contributed by atoms with Gasteiger partial charge < -0.3 is 10.6 Å². The molecule has 0 atom stereocenters. The van der Waals surface area contributed by atoms with Crippen LogP contribution in [0.5, 0.6) is 0 Å². The van der Waals surface area contributed by atoms with Gasteiger partial charge in [-0.2, -0.15) is 0 Å². The fourth-order valence-electron chi connectivity index (χ4n) is 1.98. The van der Waals surface area contributed by atoms with Crippen molar-refractivity contribution in [3.8, 4) is 0 Å². The molecule has 0 saturated heterocycles. The normalized spacial score (nSPS) is 13.8. The minimum Gasteiger partial charge on any atom is -0.352 e. The van der Waals surface area contributed by atoms with Gasteiger partial charge in [0, 0.05) is 12.5 Å². The Hall–Kier alpha value is -1.84. The van der Waals surface area contributed by atoms with Crippen LogP contribution in [0.1, 0.15) is 36.8 Å². The summed E-state index contributed by atoms with van der Waals surface area (Å²) in [6, 6.07) is 8.70. The molecule has 20 heavy (non-hydrogen) atoms. The van der Waals surface area contributed by atoms with E-state index in [0.29, 0.717) is 12.5 Å². The molecule has 2 N–H and O–H groups in total. The summed E-state index contributed by atoms with van der Waals surface area (Å²) >= 11 is 0. The summed E-state index contributed by atoms with van der Waals surface area (Å²) in [6.07, 6.45) is 4.29. The van der Waals surface area contributed by atoms with E-state index in [2.05, 4.69) is 41.8 Å². The maximum atomic E-state index is 11.6. The van der Waals surface area contributed by atoms with Gasteiger partial charge in [-0.25, -0.2) is 0 Å². The van der Waals surface area contributed by atoms with Crippen molar-refractivity contribution >= 4 is 11.8 Å². The lowest BCUT2D eigenvalue weighted by Gasteiger charge is -2.06. The highest BCUT2D eigenvalue weighted by atomic mass is 16.2. The average Bonchev–Trinajstić information content (AvgIpc) is 3.23. The molecule has 1 aliphatic carbocycles. The lowest BCUT2D eigenvalue weighted by molar-refractivity contribution is -0.126. The summed E-state index contributed by atoms with van der Waals surface area (Å²) in [5.74, 6) is -0.137. The smallest absolute Gasteiger partial charge is 0.239 e. The Bertz CT molecular complexity index is 464. The van der Waals surface area contributed by atoms with Gasteiger partial charge in [0.05, 0.1) is 6.54 Å². The van der Waals surface area contributed by atoms with Crippen molar-refractivity contribution in [2.75, 3.05) is 6.54 Å². The number of hydrogen-bond acceptors (Lipinski definition) is 2. The third-order valence-electron chi connectivity index (χ3n) is 3.38. The SMILES string of the molecule is Cc1ccc(CCCC(=O)NCC(=O)NC2CC2)cc1. The highest BCUT2D eigenvalue weighted by molar-refractivity contribution is 5.84. The van der Waals surface area contributed by atoms with Crippen LogP contribution in [0.4, 0.5) is 0 Å². The maximum Gasteiger partial charge on any atom is 0.239 e. The molecule has 108 valence electrons. The van der Waals surface area contributed by atoms with Gasteiger partial charge in [0.25, 0.3) is 0 Å². The van der Waals surface area contributed by atoms with Gasteiger partial charge in [-0.1, -0.05) is 29.8 Å². The van der Waals surface area contributed by atoms with Gasteiger partial charge in [-0.15, -0.1) is 0 Å². The number of hydrogen-bond donors (Lipinski definition) is 2. The van der Waals surface area contributed by atoms with Crippen LogP contribution in [-0.2, 0) is 16.0 Å². The predicted molar refractivity (Wildman–Crippen MR) is 78.3 cm³/mol. The molecule has 4 heteroatoms. The van der Waals surface area contributed by atoms with Crippen molar-refractivity contribution in [1.29, 1.82) is 0 Å². The van der Waals surface area contributed by atoms with Crippen molar-refractivity contribution in [3.63, 3.8) is 0 Å². The Morgan fingerprint density at radius 3 is 2.50 bits per heavy atom. The van der Waals surface area contributed by atoms with E-state index >= 15 is 0 Å². The Kier molecular flexibility index (Phi) is 5.16. The van der Waals surface area contributed by atoms with Crippen LogP contribution < -0.4 is 10.6 Å². The third-order valence-corrected chi connectivity index (χ3v) is 3.38. The van der Waals surface area contributed by atoms with E-state index in [9.17, 15) is 9.59 Å². The molecule has 1 aliphatic rings. The second-order valence-corrected chi connectivity index (χ2v) is 5.46. The molecule has 0 aromatic heterocycles. The van der Waals surface area contributed by atoms with Crippen LogP contribution in [0.2, 0.25) is 0 Å². The second-order valence-electron chi connectivity index (χ2n) is 5.46. The zero-order valence-corrected chi connectivity index (χ0v) is 11.9. The third kappa shape index (κ3) is 5.43. The van der Waals surface area contributed by atoms with E-state index in [-0.39, 0.29) is 18.4 Å². The molecule has 2 rings (SSSR count). The first-order chi connectivity index (χ1) is 9.63. The summed E-state index contributed by atoms with van der Waals surface area (Å²) in [5, 5.41) is 5.50. The molecule has 0 aliphatic heterocycles. The molecule has 0 heterocycles. The van der Waals surface area contributed by atoms with Gasteiger partial charge in [-0.05, 0) is 38.2 Å². The maximum absolute atomic E-state index is 11.6. The van der Waals surface area contributed by atoms with Crippen molar-refractivity contribution < 1.29 is 9.59 Å². The summed E-state index contributed by atoms with van der Waals surface area (Å²) in [6.45, 7) is 2.16. The van der Waals surface area contributed by atoms with Gasteiger partial charge in [-0.3, -0.25) is 9.59 Å². The number of benzene rings is 1. The summed E-state index contributed by atoms with van der Waals surface area (Å²) in [5.41, 5.74) is 2.49. The van der Waals surface area contributed by atoms with Crippen LogP contribution in [0.25, 0.3) is 0 Å². The molecule has 0 radical (unpaired) electrons. The molecule has 1 aromatic carbocycles. The molecule has 2 amide bonds. The number of carbonyl (C=O) groups excluding carboxylic acids is 2. The molecule has 1 fully saturated rings. The fraction of sp³-hybridized carbons (Fsp3) is 0.500. The highest BCUT2D eigenvalue weighted by Gasteiger charge is 2.22. The number of amides is 2. The van der Waals surface area contributed by atoms with Gasteiger partial charge in [0.2, 0.25) is 11.8 Å². The summed E-state index contributed by atoms with van der Waals surface area (Å²) < 4.78 is 0. The topological polar surface area (TPSA) is 58.2 Å². The largest absolute Gasteiger partial charge is 0.352 e. The Balaban J connectivity index is 1.57. The minimum absolute atomic E-state index is 0.0527. The Morgan fingerprint density at radius 1 is 1.15 bits per heavy atom. The average molecular weight is 274 g/mol. The zero-order chi connectivity index (χ0) is 14.4. The van der Waals surface area contributed by atoms with Gasteiger partial charge >= 0.3 is 0 Å². The molecular formula is C16H22N2O2. The van der Waals surface area contributed by atoms with Crippen molar-refractivity contribution in [1.82, 2.24) is 10.6 Å². The number of rotatable bonds is 7. The van der Waals surface area contributed by atoms with Crippen molar-refractivity contribution in [2.45, 2.75) is 45.1 Å². The first kappa shape index (κ1) is 14.6. The van der Waals surface area contributed by atoms with Crippen LogP contribution in [-0.4, -0.2) is 24.4 Å². The van der Waals surface area contributed by atoms with E-state index in [4.69, 9.17) is 0 Å². The lowest BCUT2D eigenvalue weighted by atomic mass is 10.1. The highest BCUT2D eigenvalue weighted by Crippen LogP contribution is 2.18. The predicted octanol–water partition coefficient (Wildman–Crippen LogP) is 1.71. The van der Waals surface area contributed by atoms with E-state index in [1.807, 2.05) is 0 Å². The van der Waals surface area contributed by atoms with E-state index < -0.39 is 0 Å². The van der Waals surface area contributed by atoms with E-state index in [1.54, 1.807) is 0 Å². The van der Waals surface area contributed by atoms with E-state index in [1.165, 1.54) is 11.1 Å². The Morgan fingerprint density at radius 2 is 1.85 bits per heavy atom. The molecule has 0 unspecified atom stereocenters.